The zero-order valence-electron chi connectivity index (χ0n) is 17.2. The summed E-state index contributed by atoms with van der Waals surface area (Å²) in [4.78, 5) is 7.37. The number of benzene rings is 1. The maximum Gasteiger partial charge on any atom is 0.122 e. The second-order valence-corrected chi connectivity index (χ2v) is 9.10. The van der Waals surface area contributed by atoms with Crippen LogP contribution in [0.5, 0.6) is 5.75 Å². The molecule has 1 aliphatic rings. The third-order valence-corrected chi connectivity index (χ3v) is 6.42. The lowest BCUT2D eigenvalue weighted by Crippen LogP contribution is -2.45. The van der Waals surface area contributed by atoms with Crippen LogP contribution in [0.25, 0.3) is 11.3 Å². The Morgan fingerprint density at radius 3 is 2.41 bits per heavy atom. The summed E-state index contributed by atoms with van der Waals surface area (Å²) in [6, 6.07) is 6.40. The van der Waals surface area contributed by atoms with Crippen molar-refractivity contribution in [3.63, 3.8) is 0 Å². The van der Waals surface area contributed by atoms with E-state index in [0.29, 0.717) is 0 Å². The molecular weight excluding hydrogens is 380 g/mol. The number of rotatable bonds is 4. The molecule has 1 fully saturated rings. The molecule has 2 heterocycles. The Morgan fingerprint density at radius 1 is 1.19 bits per heavy atom. The molecule has 0 atom stereocenters. The van der Waals surface area contributed by atoms with Crippen molar-refractivity contribution in [1.82, 2.24) is 9.88 Å². The number of thiazole rings is 1. The maximum absolute atomic E-state index is 5.60. The molecule has 0 aliphatic carbocycles. The molecule has 0 amide bonds. The standard InChI is InChI=1S/C21H30N2O2S.ClH/c1-20(2,3)16-13-15(7-8-18(16)24-6)17-14-26-19(22-17)21(23(4)5)9-11-25-12-10-21;/h7-8,13-14H,9-12H2,1-6H3;1H. The molecule has 0 unspecified atom stereocenters. The van der Waals surface area contributed by atoms with Crippen LogP contribution in [0.2, 0.25) is 0 Å². The molecule has 0 spiro atoms. The number of halogens is 1. The predicted molar refractivity (Wildman–Crippen MR) is 115 cm³/mol. The van der Waals surface area contributed by atoms with E-state index in [1.807, 2.05) is 0 Å². The fraction of sp³-hybridized carbons (Fsp3) is 0.571. The van der Waals surface area contributed by atoms with Crippen molar-refractivity contribution in [2.45, 2.75) is 44.6 Å². The first kappa shape index (κ1) is 22.2. The monoisotopic (exact) mass is 410 g/mol. The van der Waals surface area contributed by atoms with Crippen LogP contribution >= 0.6 is 23.7 Å². The highest BCUT2D eigenvalue weighted by Gasteiger charge is 2.39. The first-order valence-corrected chi connectivity index (χ1v) is 10.1. The lowest BCUT2D eigenvalue weighted by Gasteiger charge is -2.41. The second-order valence-electron chi connectivity index (χ2n) is 8.24. The summed E-state index contributed by atoms with van der Waals surface area (Å²) in [5.74, 6) is 0.936. The summed E-state index contributed by atoms with van der Waals surface area (Å²) in [6.07, 6.45) is 1.98. The van der Waals surface area contributed by atoms with Gasteiger partial charge in [-0.2, -0.15) is 0 Å². The van der Waals surface area contributed by atoms with Crippen LogP contribution in [0.15, 0.2) is 23.6 Å². The third-order valence-electron chi connectivity index (χ3n) is 5.38. The van der Waals surface area contributed by atoms with Gasteiger partial charge in [-0.1, -0.05) is 20.8 Å². The first-order valence-electron chi connectivity index (χ1n) is 9.18. The Balaban J connectivity index is 0.00000261. The molecule has 2 aromatic rings. The van der Waals surface area contributed by atoms with Gasteiger partial charge >= 0.3 is 0 Å². The van der Waals surface area contributed by atoms with Crippen LogP contribution in [-0.2, 0) is 15.7 Å². The lowest BCUT2D eigenvalue weighted by molar-refractivity contribution is -0.0106. The maximum atomic E-state index is 5.60. The van der Waals surface area contributed by atoms with Gasteiger partial charge < -0.3 is 9.47 Å². The molecule has 1 saturated heterocycles. The minimum atomic E-state index is -0.0134. The van der Waals surface area contributed by atoms with Crippen molar-refractivity contribution in [2.75, 3.05) is 34.4 Å². The minimum Gasteiger partial charge on any atom is -0.496 e. The van der Waals surface area contributed by atoms with Gasteiger partial charge in [0.2, 0.25) is 0 Å². The zero-order valence-corrected chi connectivity index (χ0v) is 18.8. The summed E-state index contributed by atoms with van der Waals surface area (Å²) in [6.45, 7) is 8.23. The molecule has 150 valence electrons. The van der Waals surface area contributed by atoms with E-state index in [2.05, 4.69) is 63.3 Å². The number of methoxy groups -OCH3 is 1. The SMILES string of the molecule is COc1ccc(-c2csc(C3(N(C)C)CCOCC3)n2)cc1C(C)(C)C.Cl. The number of aromatic nitrogens is 1. The van der Waals surface area contributed by atoms with E-state index in [-0.39, 0.29) is 23.4 Å². The van der Waals surface area contributed by atoms with Crippen molar-refractivity contribution in [3.8, 4) is 17.0 Å². The fourth-order valence-electron chi connectivity index (χ4n) is 3.63. The number of hydrogen-bond donors (Lipinski definition) is 0. The highest BCUT2D eigenvalue weighted by molar-refractivity contribution is 7.10. The van der Waals surface area contributed by atoms with E-state index in [9.17, 15) is 0 Å². The van der Waals surface area contributed by atoms with Crippen molar-refractivity contribution in [1.29, 1.82) is 0 Å². The Bertz CT molecular complexity index is 762. The summed E-state index contributed by atoms with van der Waals surface area (Å²) < 4.78 is 11.2. The zero-order chi connectivity index (χ0) is 18.9. The molecule has 0 bridgehead atoms. The average Bonchev–Trinajstić information content (AvgIpc) is 3.11. The van der Waals surface area contributed by atoms with Gasteiger partial charge in [-0.05, 0) is 50.6 Å². The van der Waals surface area contributed by atoms with E-state index in [1.54, 1.807) is 18.4 Å². The molecule has 0 radical (unpaired) electrons. The van der Waals surface area contributed by atoms with Gasteiger partial charge in [0.1, 0.15) is 10.8 Å². The predicted octanol–water partition coefficient (Wildman–Crippen LogP) is 5.11. The molecule has 1 aromatic carbocycles. The number of ether oxygens (including phenoxy) is 2. The van der Waals surface area contributed by atoms with Gasteiger partial charge in [-0.25, -0.2) is 4.98 Å². The van der Waals surface area contributed by atoms with Gasteiger partial charge in [0.15, 0.2) is 0 Å². The molecule has 3 rings (SSSR count). The molecule has 0 saturated carbocycles. The first-order chi connectivity index (χ1) is 12.3. The Kier molecular flexibility index (Phi) is 6.96. The van der Waals surface area contributed by atoms with Crippen LogP contribution in [0, 0.1) is 0 Å². The molecule has 6 heteroatoms. The Hall–Kier alpha value is -1.14. The molecule has 1 aromatic heterocycles. The molecular formula is C21H31ClN2O2S. The number of hydrogen-bond acceptors (Lipinski definition) is 5. The van der Waals surface area contributed by atoms with Gasteiger partial charge in [0, 0.05) is 29.7 Å². The average molecular weight is 411 g/mol. The van der Waals surface area contributed by atoms with E-state index in [1.165, 1.54) is 10.6 Å². The van der Waals surface area contributed by atoms with E-state index >= 15 is 0 Å². The Labute approximate surface area is 173 Å². The van der Waals surface area contributed by atoms with Crippen molar-refractivity contribution < 1.29 is 9.47 Å². The topological polar surface area (TPSA) is 34.6 Å². The van der Waals surface area contributed by atoms with E-state index in [4.69, 9.17) is 14.5 Å². The molecule has 4 nitrogen and oxygen atoms in total. The van der Waals surface area contributed by atoms with Crippen LogP contribution in [0.1, 0.15) is 44.2 Å². The van der Waals surface area contributed by atoms with Gasteiger partial charge in [0.05, 0.1) is 18.3 Å². The highest BCUT2D eigenvalue weighted by Crippen LogP contribution is 2.41. The van der Waals surface area contributed by atoms with Gasteiger partial charge in [-0.3, -0.25) is 4.90 Å². The second kappa shape index (κ2) is 8.48. The largest absolute Gasteiger partial charge is 0.496 e. The quantitative estimate of drug-likeness (QED) is 0.701. The smallest absolute Gasteiger partial charge is 0.122 e. The third kappa shape index (κ3) is 4.32. The van der Waals surface area contributed by atoms with Gasteiger partial charge in [0.25, 0.3) is 0 Å². The summed E-state index contributed by atoms with van der Waals surface area (Å²) in [7, 11) is 6.03. The molecule has 1 aliphatic heterocycles. The van der Waals surface area contributed by atoms with Crippen LogP contribution in [0.4, 0.5) is 0 Å². The lowest BCUT2D eigenvalue weighted by atomic mass is 9.85. The fourth-order valence-corrected chi connectivity index (χ4v) is 4.80. The molecule has 27 heavy (non-hydrogen) atoms. The van der Waals surface area contributed by atoms with Crippen molar-refractivity contribution in [2.24, 2.45) is 0 Å². The summed E-state index contributed by atoms with van der Waals surface area (Å²) in [5.41, 5.74) is 3.41. The summed E-state index contributed by atoms with van der Waals surface area (Å²) in [5, 5.41) is 3.37. The number of nitrogens with zero attached hydrogens (tertiary/aromatic N) is 2. The van der Waals surface area contributed by atoms with Crippen LogP contribution in [0.3, 0.4) is 0 Å². The van der Waals surface area contributed by atoms with Crippen LogP contribution < -0.4 is 4.74 Å². The van der Waals surface area contributed by atoms with E-state index < -0.39 is 0 Å². The minimum absolute atomic E-state index is 0. The highest BCUT2D eigenvalue weighted by atomic mass is 35.5. The normalized spacial score (nSPS) is 16.9. The van der Waals surface area contributed by atoms with E-state index in [0.717, 1.165) is 43.1 Å². The molecule has 0 N–H and O–H groups in total. The van der Waals surface area contributed by atoms with Gasteiger partial charge in [-0.15, -0.1) is 23.7 Å². The summed E-state index contributed by atoms with van der Waals surface area (Å²) >= 11 is 1.76. The van der Waals surface area contributed by atoms with Crippen LogP contribution in [-0.4, -0.2) is 44.3 Å². The van der Waals surface area contributed by atoms with Crippen molar-refractivity contribution in [3.05, 3.63) is 34.2 Å². The Morgan fingerprint density at radius 2 is 1.85 bits per heavy atom. The van der Waals surface area contributed by atoms with Crippen molar-refractivity contribution >= 4 is 23.7 Å².